The SMILES string of the molecule is CC(C)(C)[Si](C)(C)OCCN(Cc1ccccc1)Cn1nnc2ccccc21. The van der Waals surface area contributed by atoms with Crippen LogP contribution in [0.4, 0.5) is 0 Å². The van der Waals surface area contributed by atoms with Crippen molar-refractivity contribution in [2.45, 2.75) is 52.1 Å². The molecule has 0 fully saturated rings. The van der Waals surface area contributed by atoms with Crippen LogP contribution in [-0.4, -0.2) is 41.4 Å². The van der Waals surface area contributed by atoms with Gasteiger partial charge in [-0.05, 0) is 35.8 Å². The Labute approximate surface area is 169 Å². The first kappa shape index (κ1) is 20.7. The van der Waals surface area contributed by atoms with Crippen molar-refractivity contribution in [1.82, 2.24) is 19.9 Å². The zero-order chi connectivity index (χ0) is 20.2. The van der Waals surface area contributed by atoms with E-state index in [1.165, 1.54) is 5.56 Å². The summed E-state index contributed by atoms with van der Waals surface area (Å²) in [5, 5.41) is 8.88. The molecule has 1 aromatic heterocycles. The Hall–Kier alpha value is -2.02. The van der Waals surface area contributed by atoms with Crippen molar-refractivity contribution in [3.8, 4) is 0 Å². The summed E-state index contributed by atoms with van der Waals surface area (Å²) in [6.07, 6.45) is 0. The summed E-state index contributed by atoms with van der Waals surface area (Å²) in [7, 11) is -1.75. The van der Waals surface area contributed by atoms with E-state index >= 15 is 0 Å². The summed E-state index contributed by atoms with van der Waals surface area (Å²) >= 11 is 0. The standard InChI is InChI=1S/C22H32N4OSi/c1-22(2,3)28(4,5)27-16-15-25(17-19-11-7-6-8-12-19)18-26-21-14-10-9-13-20(21)23-24-26/h6-14H,15-18H2,1-5H3. The number of nitrogens with zero attached hydrogens (tertiary/aromatic N) is 4. The van der Waals surface area contributed by atoms with Crippen LogP contribution in [0.3, 0.4) is 0 Å². The van der Waals surface area contributed by atoms with Gasteiger partial charge < -0.3 is 4.43 Å². The molecule has 2 aromatic carbocycles. The summed E-state index contributed by atoms with van der Waals surface area (Å²) < 4.78 is 8.40. The maximum absolute atomic E-state index is 6.42. The summed E-state index contributed by atoms with van der Waals surface area (Å²) in [5.41, 5.74) is 3.28. The third-order valence-electron chi connectivity index (χ3n) is 5.68. The lowest BCUT2D eigenvalue weighted by Crippen LogP contribution is -2.43. The first-order valence-electron chi connectivity index (χ1n) is 9.95. The molecular weight excluding hydrogens is 364 g/mol. The molecule has 0 radical (unpaired) electrons. The van der Waals surface area contributed by atoms with Gasteiger partial charge in [-0.3, -0.25) is 4.90 Å². The largest absolute Gasteiger partial charge is 0.416 e. The van der Waals surface area contributed by atoms with Crippen molar-refractivity contribution < 1.29 is 4.43 Å². The van der Waals surface area contributed by atoms with Crippen molar-refractivity contribution in [3.05, 3.63) is 60.2 Å². The van der Waals surface area contributed by atoms with Gasteiger partial charge in [0.05, 0.1) is 12.2 Å². The van der Waals surface area contributed by atoms with Crippen molar-refractivity contribution in [1.29, 1.82) is 0 Å². The molecule has 0 aliphatic rings. The monoisotopic (exact) mass is 396 g/mol. The van der Waals surface area contributed by atoms with Gasteiger partial charge in [0.25, 0.3) is 0 Å². The number of rotatable bonds is 8. The molecule has 0 amide bonds. The number of benzene rings is 2. The summed E-state index contributed by atoms with van der Waals surface area (Å²) in [6.45, 7) is 14.6. The molecule has 0 unspecified atom stereocenters. The second-order valence-corrected chi connectivity index (χ2v) is 13.7. The molecule has 3 aromatic rings. The second kappa shape index (κ2) is 8.55. The zero-order valence-corrected chi connectivity index (χ0v) is 18.7. The Kier molecular flexibility index (Phi) is 6.32. The van der Waals surface area contributed by atoms with E-state index in [0.29, 0.717) is 6.67 Å². The van der Waals surface area contributed by atoms with E-state index in [0.717, 1.165) is 30.7 Å². The van der Waals surface area contributed by atoms with E-state index in [4.69, 9.17) is 4.43 Å². The van der Waals surface area contributed by atoms with Crippen LogP contribution < -0.4 is 0 Å². The maximum Gasteiger partial charge on any atom is 0.192 e. The predicted octanol–water partition coefficient (Wildman–Crippen LogP) is 4.91. The van der Waals surface area contributed by atoms with E-state index in [2.05, 4.69) is 85.5 Å². The van der Waals surface area contributed by atoms with Crippen LogP contribution in [0.5, 0.6) is 0 Å². The van der Waals surface area contributed by atoms with Gasteiger partial charge in [0.1, 0.15) is 5.52 Å². The molecule has 1 heterocycles. The maximum atomic E-state index is 6.42. The van der Waals surface area contributed by atoms with Crippen molar-refractivity contribution in [2.75, 3.05) is 13.2 Å². The minimum atomic E-state index is -1.75. The van der Waals surface area contributed by atoms with E-state index in [9.17, 15) is 0 Å². The quantitative estimate of drug-likeness (QED) is 0.507. The summed E-state index contributed by atoms with van der Waals surface area (Å²) in [6, 6.07) is 18.7. The molecular formula is C22H32N4OSi. The van der Waals surface area contributed by atoms with Gasteiger partial charge in [-0.15, -0.1) is 5.10 Å². The third kappa shape index (κ3) is 5.07. The number of hydrogen-bond donors (Lipinski definition) is 0. The number of hydrogen-bond acceptors (Lipinski definition) is 4. The average Bonchev–Trinajstić information content (AvgIpc) is 3.04. The molecule has 0 saturated heterocycles. The van der Waals surface area contributed by atoms with Gasteiger partial charge in [0.15, 0.2) is 8.32 Å². The van der Waals surface area contributed by atoms with Gasteiger partial charge >= 0.3 is 0 Å². The molecule has 150 valence electrons. The van der Waals surface area contributed by atoms with Crippen molar-refractivity contribution in [3.63, 3.8) is 0 Å². The fourth-order valence-corrected chi connectivity index (χ4v) is 3.93. The minimum absolute atomic E-state index is 0.222. The summed E-state index contributed by atoms with van der Waals surface area (Å²) in [4.78, 5) is 2.38. The summed E-state index contributed by atoms with van der Waals surface area (Å²) in [5.74, 6) is 0. The van der Waals surface area contributed by atoms with Crippen LogP contribution in [0, 0.1) is 0 Å². The van der Waals surface area contributed by atoms with E-state index < -0.39 is 8.32 Å². The first-order chi connectivity index (χ1) is 13.3. The van der Waals surface area contributed by atoms with Crippen LogP contribution in [0.2, 0.25) is 18.1 Å². The Morgan fingerprint density at radius 1 is 1.00 bits per heavy atom. The lowest BCUT2D eigenvalue weighted by atomic mass is 10.2. The van der Waals surface area contributed by atoms with Gasteiger partial charge in [-0.1, -0.05) is 68.4 Å². The van der Waals surface area contributed by atoms with Gasteiger partial charge in [-0.25, -0.2) is 4.68 Å². The molecule has 6 heteroatoms. The molecule has 0 atom stereocenters. The van der Waals surface area contributed by atoms with Crippen molar-refractivity contribution >= 4 is 19.4 Å². The topological polar surface area (TPSA) is 43.2 Å². The fraction of sp³-hybridized carbons (Fsp3) is 0.455. The first-order valence-corrected chi connectivity index (χ1v) is 12.9. The fourth-order valence-electron chi connectivity index (χ4n) is 2.90. The predicted molar refractivity (Wildman–Crippen MR) is 118 cm³/mol. The number of para-hydroxylation sites is 1. The lowest BCUT2D eigenvalue weighted by Gasteiger charge is -2.36. The van der Waals surface area contributed by atoms with Crippen LogP contribution in [0.1, 0.15) is 26.3 Å². The molecule has 5 nitrogen and oxygen atoms in total. The van der Waals surface area contributed by atoms with E-state index in [1.807, 2.05) is 22.9 Å². The van der Waals surface area contributed by atoms with E-state index in [1.54, 1.807) is 0 Å². The Morgan fingerprint density at radius 2 is 1.68 bits per heavy atom. The highest BCUT2D eigenvalue weighted by Crippen LogP contribution is 2.36. The minimum Gasteiger partial charge on any atom is -0.416 e. The third-order valence-corrected chi connectivity index (χ3v) is 10.2. The highest BCUT2D eigenvalue weighted by atomic mass is 28.4. The highest BCUT2D eigenvalue weighted by Gasteiger charge is 2.37. The van der Waals surface area contributed by atoms with Gasteiger partial charge in [-0.2, -0.15) is 0 Å². The van der Waals surface area contributed by atoms with Gasteiger partial charge in [0, 0.05) is 19.7 Å². The Morgan fingerprint density at radius 3 is 2.39 bits per heavy atom. The number of aromatic nitrogens is 3. The molecule has 0 N–H and O–H groups in total. The van der Waals surface area contributed by atoms with Crippen molar-refractivity contribution in [2.24, 2.45) is 0 Å². The van der Waals surface area contributed by atoms with Crippen LogP contribution in [-0.2, 0) is 17.6 Å². The lowest BCUT2D eigenvalue weighted by molar-refractivity contribution is 0.155. The van der Waals surface area contributed by atoms with E-state index in [-0.39, 0.29) is 5.04 Å². The molecule has 0 aliphatic heterocycles. The second-order valence-electron chi connectivity index (χ2n) is 8.87. The Bertz CT molecular complexity index is 886. The Balaban J connectivity index is 1.72. The van der Waals surface area contributed by atoms with Gasteiger partial charge in [0.2, 0.25) is 0 Å². The van der Waals surface area contributed by atoms with Crippen LogP contribution in [0.25, 0.3) is 11.0 Å². The highest BCUT2D eigenvalue weighted by molar-refractivity contribution is 6.74. The van der Waals surface area contributed by atoms with Crippen LogP contribution >= 0.6 is 0 Å². The smallest absolute Gasteiger partial charge is 0.192 e. The molecule has 0 spiro atoms. The molecule has 28 heavy (non-hydrogen) atoms. The molecule has 0 aliphatic carbocycles. The zero-order valence-electron chi connectivity index (χ0n) is 17.7. The average molecular weight is 397 g/mol. The normalized spacial score (nSPS) is 12.8. The number of fused-ring (bicyclic) bond motifs is 1. The molecule has 0 saturated carbocycles. The van der Waals surface area contributed by atoms with Crippen LogP contribution in [0.15, 0.2) is 54.6 Å². The molecule has 0 bridgehead atoms. The molecule has 3 rings (SSSR count).